The van der Waals surface area contributed by atoms with Crippen molar-refractivity contribution in [3.8, 4) is 0 Å². The Morgan fingerprint density at radius 2 is 1.75 bits per heavy atom. The van der Waals surface area contributed by atoms with Gasteiger partial charge in [0.05, 0.1) is 4.90 Å². The molecule has 0 saturated carbocycles. The first-order valence-corrected chi connectivity index (χ1v) is 8.87. The summed E-state index contributed by atoms with van der Waals surface area (Å²) in [5, 5.41) is 0.579. The van der Waals surface area contributed by atoms with Crippen molar-refractivity contribution in [2.75, 3.05) is 5.75 Å². The highest BCUT2D eigenvalue weighted by molar-refractivity contribution is 7.92. The van der Waals surface area contributed by atoms with Gasteiger partial charge >= 0.3 is 5.63 Å². The molecule has 0 aliphatic rings. The summed E-state index contributed by atoms with van der Waals surface area (Å²) < 4.78 is 29.7. The van der Waals surface area contributed by atoms with E-state index in [2.05, 4.69) is 0 Å². The third kappa shape index (κ3) is 3.14. The van der Waals surface area contributed by atoms with Gasteiger partial charge in [-0.1, -0.05) is 29.8 Å². The van der Waals surface area contributed by atoms with Crippen molar-refractivity contribution in [3.05, 3.63) is 76.1 Å². The van der Waals surface area contributed by atoms with Crippen LogP contribution in [0.4, 0.5) is 0 Å². The van der Waals surface area contributed by atoms with Gasteiger partial charge in [0.15, 0.2) is 15.6 Å². The normalized spacial score (nSPS) is 11.5. The fraction of sp³-hybridized carbons (Fsp3) is 0.111. The molecule has 0 aliphatic carbocycles. The van der Waals surface area contributed by atoms with Gasteiger partial charge in [0.2, 0.25) is 0 Å². The Balaban J connectivity index is 2.00. The minimum atomic E-state index is -3.82. The average Bonchev–Trinajstić information content (AvgIpc) is 2.55. The number of ketones is 1. The second-order valence-electron chi connectivity index (χ2n) is 5.48. The number of sulfone groups is 1. The predicted molar refractivity (Wildman–Crippen MR) is 90.0 cm³/mol. The fourth-order valence-electron chi connectivity index (χ4n) is 2.40. The Labute approximate surface area is 138 Å². The van der Waals surface area contributed by atoms with Crippen LogP contribution in [0.1, 0.15) is 15.9 Å². The molecule has 0 saturated heterocycles. The molecule has 2 aromatic carbocycles. The molecule has 3 rings (SSSR count). The first-order valence-electron chi connectivity index (χ1n) is 7.22. The number of Topliss-reactive ketones (excluding diaryl/α,β-unsaturated/α-hetero) is 1. The lowest BCUT2D eigenvalue weighted by Gasteiger charge is -2.05. The number of aryl methyl sites for hydroxylation is 1. The fourth-order valence-corrected chi connectivity index (χ4v) is 3.64. The Kier molecular flexibility index (Phi) is 4.07. The molecule has 0 unspecified atom stereocenters. The second-order valence-corrected chi connectivity index (χ2v) is 7.47. The van der Waals surface area contributed by atoms with Crippen molar-refractivity contribution in [1.82, 2.24) is 0 Å². The number of benzene rings is 2. The van der Waals surface area contributed by atoms with Crippen LogP contribution in [0.25, 0.3) is 11.0 Å². The highest BCUT2D eigenvalue weighted by atomic mass is 32.2. The Morgan fingerprint density at radius 1 is 1.04 bits per heavy atom. The van der Waals surface area contributed by atoms with E-state index in [0.717, 1.165) is 5.56 Å². The van der Waals surface area contributed by atoms with Crippen LogP contribution >= 0.6 is 0 Å². The zero-order chi connectivity index (χ0) is 17.3. The van der Waals surface area contributed by atoms with E-state index in [1.54, 1.807) is 36.4 Å². The number of carbonyl (C=O) groups is 1. The smallest absolute Gasteiger partial charge is 0.347 e. The monoisotopic (exact) mass is 342 g/mol. The molecule has 0 bridgehead atoms. The maximum atomic E-state index is 12.3. The molecule has 0 radical (unpaired) electrons. The molecular formula is C18H14O5S. The lowest BCUT2D eigenvalue weighted by Crippen LogP contribution is -2.22. The molecule has 0 amide bonds. The van der Waals surface area contributed by atoms with E-state index in [9.17, 15) is 18.0 Å². The van der Waals surface area contributed by atoms with Gasteiger partial charge in [-0.3, -0.25) is 4.79 Å². The number of hydrogen-bond acceptors (Lipinski definition) is 5. The number of carbonyl (C=O) groups excluding carboxylic acids is 1. The SMILES string of the molecule is Cc1ccc2oc(=O)c(C(=O)CS(=O)(=O)c3ccccc3)cc2c1. The van der Waals surface area contributed by atoms with E-state index < -0.39 is 27.0 Å². The quantitative estimate of drug-likeness (QED) is 0.538. The number of rotatable bonds is 4. The van der Waals surface area contributed by atoms with Gasteiger partial charge in [-0.05, 0) is 37.3 Å². The highest BCUT2D eigenvalue weighted by Gasteiger charge is 2.23. The maximum absolute atomic E-state index is 12.3. The third-order valence-corrected chi connectivity index (χ3v) is 5.24. The van der Waals surface area contributed by atoms with Crippen LogP contribution in [0, 0.1) is 6.92 Å². The summed E-state index contributed by atoms with van der Waals surface area (Å²) in [5.74, 6) is -1.56. The zero-order valence-corrected chi connectivity index (χ0v) is 13.7. The van der Waals surface area contributed by atoms with E-state index in [-0.39, 0.29) is 10.5 Å². The van der Waals surface area contributed by atoms with E-state index in [0.29, 0.717) is 11.0 Å². The summed E-state index contributed by atoms with van der Waals surface area (Å²) >= 11 is 0. The summed E-state index contributed by atoms with van der Waals surface area (Å²) in [6, 6.07) is 14.2. The van der Waals surface area contributed by atoms with Crippen LogP contribution in [-0.4, -0.2) is 20.0 Å². The van der Waals surface area contributed by atoms with E-state index >= 15 is 0 Å². The highest BCUT2D eigenvalue weighted by Crippen LogP contribution is 2.17. The van der Waals surface area contributed by atoms with Crippen molar-refractivity contribution in [3.63, 3.8) is 0 Å². The molecule has 0 fully saturated rings. The van der Waals surface area contributed by atoms with Gasteiger partial charge < -0.3 is 4.42 Å². The number of hydrogen-bond donors (Lipinski definition) is 0. The van der Waals surface area contributed by atoms with Gasteiger partial charge in [-0.25, -0.2) is 13.2 Å². The largest absolute Gasteiger partial charge is 0.422 e. The van der Waals surface area contributed by atoms with Crippen LogP contribution in [0.3, 0.4) is 0 Å². The topological polar surface area (TPSA) is 81.4 Å². The van der Waals surface area contributed by atoms with Crippen molar-refractivity contribution < 1.29 is 17.6 Å². The Hall–Kier alpha value is -2.73. The van der Waals surface area contributed by atoms with Crippen LogP contribution in [0.2, 0.25) is 0 Å². The number of fused-ring (bicyclic) bond motifs is 1. The standard InChI is InChI=1S/C18H14O5S/c1-12-7-8-17-13(9-12)10-15(18(20)23-17)16(19)11-24(21,22)14-5-3-2-4-6-14/h2-10H,11H2,1H3. The van der Waals surface area contributed by atoms with E-state index in [1.807, 2.05) is 6.92 Å². The lowest BCUT2D eigenvalue weighted by atomic mass is 10.1. The summed E-state index contributed by atoms with van der Waals surface area (Å²) in [6.07, 6.45) is 0. The van der Waals surface area contributed by atoms with Crippen molar-refractivity contribution >= 4 is 26.6 Å². The van der Waals surface area contributed by atoms with Gasteiger partial charge in [-0.2, -0.15) is 0 Å². The molecule has 1 aromatic heterocycles. The molecule has 1 heterocycles. The summed E-state index contributed by atoms with van der Waals surface area (Å²) in [6.45, 7) is 1.87. The third-order valence-electron chi connectivity index (χ3n) is 3.61. The summed E-state index contributed by atoms with van der Waals surface area (Å²) in [4.78, 5) is 24.4. The van der Waals surface area contributed by atoms with Gasteiger partial charge in [0.1, 0.15) is 16.9 Å². The zero-order valence-electron chi connectivity index (χ0n) is 12.9. The molecule has 0 atom stereocenters. The summed E-state index contributed by atoms with van der Waals surface area (Å²) in [7, 11) is -3.82. The van der Waals surface area contributed by atoms with Crippen molar-refractivity contribution in [2.45, 2.75) is 11.8 Å². The Morgan fingerprint density at radius 3 is 2.46 bits per heavy atom. The van der Waals surface area contributed by atoms with E-state index in [1.165, 1.54) is 18.2 Å². The van der Waals surface area contributed by atoms with Gasteiger partial charge in [0, 0.05) is 5.39 Å². The van der Waals surface area contributed by atoms with E-state index in [4.69, 9.17) is 4.42 Å². The van der Waals surface area contributed by atoms with Crippen molar-refractivity contribution in [2.24, 2.45) is 0 Å². The lowest BCUT2D eigenvalue weighted by molar-refractivity contribution is 0.101. The minimum Gasteiger partial charge on any atom is -0.422 e. The van der Waals surface area contributed by atoms with Crippen LogP contribution in [-0.2, 0) is 9.84 Å². The van der Waals surface area contributed by atoms with Gasteiger partial charge in [0.25, 0.3) is 0 Å². The maximum Gasteiger partial charge on any atom is 0.347 e. The molecule has 6 heteroatoms. The van der Waals surface area contributed by atoms with Gasteiger partial charge in [-0.15, -0.1) is 0 Å². The van der Waals surface area contributed by atoms with Crippen molar-refractivity contribution in [1.29, 1.82) is 0 Å². The molecule has 0 aliphatic heterocycles. The average molecular weight is 342 g/mol. The minimum absolute atomic E-state index is 0.0411. The Bertz CT molecular complexity index is 1080. The molecule has 122 valence electrons. The predicted octanol–water partition coefficient (Wildman–Crippen LogP) is 2.76. The molecule has 5 nitrogen and oxygen atoms in total. The molecule has 0 N–H and O–H groups in total. The molecular weight excluding hydrogens is 328 g/mol. The molecule has 3 aromatic rings. The van der Waals surface area contributed by atoms with Crippen LogP contribution in [0.15, 0.2) is 68.7 Å². The first-order chi connectivity index (χ1) is 11.4. The summed E-state index contributed by atoms with van der Waals surface area (Å²) in [5.41, 5.74) is 0.201. The first kappa shape index (κ1) is 16.1. The molecule has 0 spiro atoms. The van der Waals surface area contributed by atoms with Crippen LogP contribution in [0.5, 0.6) is 0 Å². The van der Waals surface area contributed by atoms with Crippen LogP contribution < -0.4 is 5.63 Å². The second kappa shape index (κ2) is 6.05. The molecule has 24 heavy (non-hydrogen) atoms.